The maximum Gasteiger partial charge on any atom is 0.354 e. The summed E-state index contributed by atoms with van der Waals surface area (Å²) in [5.41, 5.74) is 2.99. The van der Waals surface area contributed by atoms with Crippen molar-refractivity contribution in [2.75, 3.05) is 37.6 Å². The average Bonchev–Trinajstić information content (AvgIpc) is 2.63. The van der Waals surface area contributed by atoms with Gasteiger partial charge in [0, 0.05) is 50.0 Å². The maximum absolute atomic E-state index is 11.2. The minimum atomic E-state index is -1.02. The molecule has 1 aromatic carbocycles. The molecule has 126 valence electrons. The molecule has 0 bridgehead atoms. The van der Waals surface area contributed by atoms with Crippen LogP contribution in [0.2, 0.25) is 0 Å². The lowest BCUT2D eigenvalue weighted by molar-refractivity contribution is 0.0689. The summed E-state index contributed by atoms with van der Waals surface area (Å²) in [6.45, 7) is 7.59. The molecule has 2 aromatic rings. The van der Waals surface area contributed by atoms with E-state index >= 15 is 0 Å². The van der Waals surface area contributed by atoms with Crippen LogP contribution in [0, 0.1) is 0 Å². The predicted molar refractivity (Wildman–Crippen MR) is 92.6 cm³/mol. The van der Waals surface area contributed by atoms with Gasteiger partial charge in [-0.2, -0.15) is 0 Å². The lowest BCUT2D eigenvalue weighted by Crippen LogP contribution is -2.46. The van der Waals surface area contributed by atoms with Crippen LogP contribution in [0.3, 0.4) is 0 Å². The van der Waals surface area contributed by atoms with E-state index in [4.69, 9.17) is 0 Å². The predicted octanol–water partition coefficient (Wildman–Crippen LogP) is 1.91. The second kappa shape index (κ2) is 7.40. The number of hydrogen-bond acceptors (Lipinski definition) is 5. The van der Waals surface area contributed by atoms with E-state index in [0.29, 0.717) is 12.0 Å². The van der Waals surface area contributed by atoms with Crippen molar-refractivity contribution in [1.29, 1.82) is 0 Å². The molecule has 6 nitrogen and oxygen atoms in total. The highest BCUT2D eigenvalue weighted by Gasteiger charge is 2.16. The molecular formula is C18H22N4O2. The Bertz CT molecular complexity index is 694. The minimum absolute atomic E-state index is 0.0739. The highest BCUT2D eigenvalue weighted by atomic mass is 16.4. The summed E-state index contributed by atoms with van der Waals surface area (Å²) < 4.78 is 0. The zero-order valence-electron chi connectivity index (χ0n) is 13.9. The summed E-state index contributed by atoms with van der Waals surface area (Å²) in [7, 11) is 0. The number of carboxylic acids is 1. The Kier molecular flexibility index (Phi) is 5.05. The van der Waals surface area contributed by atoms with Crippen molar-refractivity contribution in [3.63, 3.8) is 0 Å². The Balaban J connectivity index is 1.68. The molecule has 6 heteroatoms. The van der Waals surface area contributed by atoms with E-state index in [-0.39, 0.29) is 5.69 Å². The van der Waals surface area contributed by atoms with Crippen LogP contribution < -0.4 is 4.90 Å². The third kappa shape index (κ3) is 3.71. The summed E-state index contributed by atoms with van der Waals surface area (Å²) in [4.78, 5) is 23.9. The van der Waals surface area contributed by atoms with E-state index in [1.54, 1.807) is 6.20 Å². The molecule has 1 aliphatic rings. The zero-order chi connectivity index (χ0) is 16.9. The molecule has 1 fully saturated rings. The molecule has 1 N–H and O–H groups in total. The van der Waals surface area contributed by atoms with E-state index in [2.05, 4.69) is 51.0 Å². The smallest absolute Gasteiger partial charge is 0.354 e. The van der Waals surface area contributed by atoms with E-state index in [1.165, 1.54) is 12.0 Å². The van der Waals surface area contributed by atoms with E-state index in [0.717, 1.165) is 38.3 Å². The van der Waals surface area contributed by atoms with Crippen LogP contribution in [0.25, 0.3) is 0 Å². The van der Waals surface area contributed by atoms with Gasteiger partial charge in [0.1, 0.15) is 6.33 Å². The van der Waals surface area contributed by atoms with Crippen molar-refractivity contribution in [1.82, 2.24) is 14.9 Å². The fraction of sp³-hybridized carbons (Fsp3) is 0.389. The molecule has 0 spiro atoms. The fourth-order valence-corrected chi connectivity index (χ4v) is 3.05. The van der Waals surface area contributed by atoms with Crippen LogP contribution in [0.5, 0.6) is 0 Å². The first-order chi connectivity index (χ1) is 11.7. The number of carbonyl (C=O) groups is 1. The summed E-state index contributed by atoms with van der Waals surface area (Å²) in [5, 5.41) is 9.20. The summed E-state index contributed by atoms with van der Waals surface area (Å²) >= 11 is 0. The van der Waals surface area contributed by atoms with Gasteiger partial charge in [0.05, 0.1) is 0 Å². The van der Waals surface area contributed by atoms with Crippen LogP contribution in [0.4, 0.5) is 5.69 Å². The summed E-state index contributed by atoms with van der Waals surface area (Å²) in [6, 6.07) is 8.34. The van der Waals surface area contributed by atoms with Gasteiger partial charge >= 0.3 is 5.97 Å². The Morgan fingerprint density at radius 2 is 1.88 bits per heavy atom. The third-order valence-corrected chi connectivity index (χ3v) is 4.51. The Morgan fingerprint density at radius 3 is 2.50 bits per heavy atom. The van der Waals surface area contributed by atoms with Crippen molar-refractivity contribution in [2.24, 2.45) is 0 Å². The number of hydrogen-bond donors (Lipinski definition) is 1. The topological polar surface area (TPSA) is 69.6 Å². The lowest BCUT2D eigenvalue weighted by atomic mass is 10.0. The molecule has 0 atom stereocenters. The van der Waals surface area contributed by atoms with Crippen LogP contribution >= 0.6 is 0 Å². The Morgan fingerprint density at radius 1 is 1.17 bits per heavy atom. The van der Waals surface area contributed by atoms with Gasteiger partial charge in [0.15, 0.2) is 5.69 Å². The first-order valence-electron chi connectivity index (χ1n) is 8.25. The van der Waals surface area contributed by atoms with Crippen LogP contribution in [0.15, 0.2) is 36.8 Å². The third-order valence-electron chi connectivity index (χ3n) is 4.51. The molecular weight excluding hydrogens is 304 g/mol. The van der Waals surface area contributed by atoms with Crippen LogP contribution in [-0.4, -0.2) is 58.7 Å². The van der Waals surface area contributed by atoms with Crippen molar-refractivity contribution in [3.05, 3.63) is 53.6 Å². The molecule has 0 aliphatic carbocycles. The molecule has 1 saturated heterocycles. The summed E-state index contributed by atoms with van der Waals surface area (Å²) in [6.07, 6.45) is 3.37. The quantitative estimate of drug-likeness (QED) is 0.905. The highest BCUT2D eigenvalue weighted by Crippen LogP contribution is 2.19. The molecule has 0 radical (unpaired) electrons. The average molecular weight is 326 g/mol. The van der Waals surface area contributed by atoms with Gasteiger partial charge in [-0.25, -0.2) is 14.8 Å². The van der Waals surface area contributed by atoms with Crippen LogP contribution in [0.1, 0.15) is 28.5 Å². The molecule has 3 rings (SSSR count). The van der Waals surface area contributed by atoms with Gasteiger partial charge in [0.2, 0.25) is 0 Å². The van der Waals surface area contributed by atoms with Crippen molar-refractivity contribution >= 4 is 11.7 Å². The van der Waals surface area contributed by atoms with Crippen molar-refractivity contribution in [2.45, 2.75) is 13.3 Å². The number of likely N-dealkylation sites (N-methyl/N-ethyl adjacent to an activating group) is 1. The number of nitrogens with zero attached hydrogens (tertiary/aromatic N) is 4. The number of piperazine rings is 1. The molecule has 0 unspecified atom stereocenters. The number of aromatic nitrogens is 2. The SMILES string of the molecule is CCN1CCN(c2ccc(Cc3cncnc3C(=O)O)cc2)CC1. The standard InChI is InChI=1S/C18H22N4O2/c1-2-21-7-9-22(10-8-21)16-5-3-14(4-6-16)11-15-12-19-13-20-17(15)18(23)24/h3-6,12-13H,2,7-11H2,1H3,(H,23,24). The normalized spacial score (nSPS) is 15.5. The molecule has 1 aliphatic heterocycles. The highest BCUT2D eigenvalue weighted by molar-refractivity contribution is 5.86. The minimum Gasteiger partial charge on any atom is -0.477 e. The second-order valence-electron chi connectivity index (χ2n) is 5.97. The molecule has 1 aromatic heterocycles. The first kappa shape index (κ1) is 16.4. The number of carboxylic acid groups (broad SMARTS) is 1. The Labute approximate surface area is 141 Å². The number of rotatable bonds is 5. The van der Waals surface area contributed by atoms with Crippen molar-refractivity contribution < 1.29 is 9.90 Å². The van der Waals surface area contributed by atoms with Gasteiger partial charge in [-0.15, -0.1) is 0 Å². The number of aromatic carboxylic acids is 1. The van der Waals surface area contributed by atoms with Crippen LogP contribution in [-0.2, 0) is 6.42 Å². The van der Waals surface area contributed by atoms with Gasteiger partial charge in [0.25, 0.3) is 0 Å². The first-order valence-corrected chi connectivity index (χ1v) is 8.25. The second-order valence-corrected chi connectivity index (χ2v) is 5.97. The molecule has 24 heavy (non-hydrogen) atoms. The molecule has 2 heterocycles. The number of benzene rings is 1. The fourth-order valence-electron chi connectivity index (χ4n) is 3.05. The monoisotopic (exact) mass is 326 g/mol. The summed E-state index contributed by atoms with van der Waals surface area (Å²) in [5.74, 6) is -1.02. The largest absolute Gasteiger partial charge is 0.477 e. The van der Waals surface area contributed by atoms with Gasteiger partial charge in [-0.1, -0.05) is 19.1 Å². The zero-order valence-corrected chi connectivity index (χ0v) is 13.9. The maximum atomic E-state index is 11.2. The Hall–Kier alpha value is -2.47. The molecule has 0 saturated carbocycles. The molecule has 0 amide bonds. The number of anilines is 1. The van der Waals surface area contributed by atoms with E-state index in [1.807, 2.05) is 0 Å². The van der Waals surface area contributed by atoms with E-state index < -0.39 is 5.97 Å². The van der Waals surface area contributed by atoms with Crippen molar-refractivity contribution in [3.8, 4) is 0 Å². The van der Waals surface area contributed by atoms with E-state index in [9.17, 15) is 9.90 Å². The van der Waals surface area contributed by atoms with Gasteiger partial charge in [-0.05, 0) is 24.2 Å². The van der Waals surface area contributed by atoms with Gasteiger partial charge < -0.3 is 14.9 Å². The lowest BCUT2D eigenvalue weighted by Gasteiger charge is -2.35. The van der Waals surface area contributed by atoms with Gasteiger partial charge in [-0.3, -0.25) is 0 Å².